The lowest BCUT2D eigenvalue weighted by molar-refractivity contribution is 0.326. The molecule has 1 fully saturated rings. The summed E-state index contributed by atoms with van der Waals surface area (Å²) in [5.74, 6) is -1.49. The summed E-state index contributed by atoms with van der Waals surface area (Å²) in [6, 6.07) is 2.54. The van der Waals surface area contributed by atoms with Gasteiger partial charge in [0.25, 0.3) is 0 Å². The van der Waals surface area contributed by atoms with Crippen molar-refractivity contribution in [2.24, 2.45) is 0 Å². The monoisotopic (exact) mass is 280 g/mol. The molecule has 20 heavy (non-hydrogen) atoms. The first kappa shape index (κ1) is 13.3. The van der Waals surface area contributed by atoms with Gasteiger partial charge in [0.05, 0.1) is 5.52 Å². The summed E-state index contributed by atoms with van der Waals surface area (Å²) in [6.07, 6.45) is 3.34. The number of anilines is 1. The van der Waals surface area contributed by atoms with Crippen LogP contribution in [0.3, 0.4) is 0 Å². The predicted molar refractivity (Wildman–Crippen MR) is 74.4 cm³/mol. The molecule has 2 N–H and O–H groups in total. The zero-order chi connectivity index (χ0) is 14.1. The van der Waals surface area contributed by atoms with Crippen LogP contribution in [0.25, 0.3) is 11.0 Å². The van der Waals surface area contributed by atoms with Crippen LogP contribution in [0.5, 0.6) is 0 Å². The van der Waals surface area contributed by atoms with Crippen molar-refractivity contribution in [1.29, 1.82) is 0 Å². The molecule has 0 saturated carbocycles. The average Bonchev–Trinajstić information content (AvgIpc) is 3.03. The predicted octanol–water partition coefficient (Wildman–Crippen LogP) is 2.38. The largest absolute Gasteiger partial charge is 0.369 e. The minimum Gasteiger partial charge on any atom is -0.369 e. The fourth-order valence-corrected chi connectivity index (χ4v) is 2.86. The van der Waals surface area contributed by atoms with Crippen LogP contribution in [0.1, 0.15) is 19.3 Å². The van der Waals surface area contributed by atoms with Gasteiger partial charge in [-0.1, -0.05) is 0 Å². The highest BCUT2D eigenvalue weighted by atomic mass is 19.2. The van der Waals surface area contributed by atoms with Gasteiger partial charge in [0.2, 0.25) is 5.95 Å². The molecule has 1 aromatic heterocycles. The Labute approximate surface area is 116 Å². The third kappa shape index (κ3) is 2.35. The number of likely N-dealkylation sites (tertiary alicyclic amines) is 1. The molecule has 1 aliphatic heterocycles. The number of imidazole rings is 1. The second-order valence-corrected chi connectivity index (χ2v) is 5.25. The van der Waals surface area contributed by atoms with Gasteiger partial charge in [-0.05, 0) is 51.0 Å². The van der Waals surface area contributed by atoms with Crippen molar-refractivity contribution >= 4 is 17.0 Å². The van der Waals surface area contributed by atoms with Gasteiger partial charge in [0, 0.05) is 6.54 Å². The first-order valence-electron chi connectivity index (χ1n) is 6.99. The second kappa shape index (κ2) is 5.36. The number of aryl methyl sites for hydroxylation is 1. The Balaban J connectivity index is 1.79. The molecule has 0 atom stereocenters. The summed E-state index contributed by atoms with van der Waals surface area (Å²) in [4.78, 5) is 6.47. The minimum absolute atomic E-state index is 0.170. The van der Waals surface area contributed by atoms with E-state index in [4.69, 9.17) is 5.73 Å². The number of fused-ring (bicyclic) bond motifs is 1. The summed E-state index contributed by atoms with van der Waals surface area (Å²) in [6.45, 7) is 3.77. The van der Waals surface area contributed by atoms with Crippen LogP contribution < -0.4 is 5.73 Å². The lowest BCUT2D eigenvalue weighted by Gasteiger charge is -2.15. The zero-order valence-electron chi connectivity index (χ0n) is 11.3. The molecule has 0 amide bonds. The fraction of sp³-hybridized carbons (Fsp3) is 0.500. The van der Waals surface area contributed by atoms with Crippen molar-refractivity contribution in [2.75, 3.05) is 25.4 Å². The Kier molecular flexibility index (Phi) is 3.56. The van der Waals surface area contributed by atoms with Crippen LogP contribution in [0, 0.1) is 11.6 Å². The van der Waals surface area contributed by atoms with Gasteiger partial charge in [-0.2, -0.15) is 0 Å². The summed E-state index contributed by atoms with van der Waals surface area (Å²) in [7, 11) is 0. The van der Waals surface area contributed by atoms with Crippen molar-refractivity contribution in [3.05, 3.63) is 23.8 Å². The van der Waals surface area contributed by atoms with Crippen LogP contribution in [0.4, 0.5) is 14.7 Å². The second-order valence-electron chi connectivity index (χ2n) is 5.25. The normalized spacial score (nSPS) is 16.3. The summed E-state index contributed by atoms with van der Waals surface area (Å²) >= 11 is 0. The van der Waals surface area contributed by atoms with E-state index in [1.165, 1.54) is 18.9 Å². The fourth-order valence-electron chi connectivity index (χ4n) is 2.86. The van der Waals surface area contributed by atoms with Gasteiger partial charge in [-0.3, -0.25) is 0 Å². The topological polar surface area (TPSA) is 47.1 Å². The average molecular weight is 280 g/mol. The van der Waals surface area contributed by atoms with E-state index in [2.05, 4.69) is 9.88 Å². The summed E-state index contributed by atoms with van der Waals surface area (Å²) < 4.78 is 28.8. The molecule has 0 aliphatic carbocycles. The van der Waals surface area contributed by atoms with E-state index in [0.717, 1.165) is 32.1 Å². The summed E-state index contributed by atoms with van der Waals surface area (Å²) in [5.41, 5.74) is 6.39. The van der Waals surface area contributed by atoms with E-state index in [9.17, 15) is 8.78 Å². The maximum atomic E-state index is 13.9. The Morgan fingerprint density at radius 3 is 2.65 bits per heavy atom. The molecule has 2 heterocycles. The van der Waals surface area contributed by atoms with E-state index in [0.29, 0.717) is 12.1 Å². The van der Waals surface area contributed by atoms with Crippen LogP contribution >= 0.6 is 0 Å². The molecule has 3 rings (SSSR count). The number of benzene rings is 1. The van der Waals surface area contributed by atoms with Crippen LogP contribution in [0.2, 0.25) is 0 Å². The van der Waals surface area contributed by atoms with Crippen molar-refractivity contribution in [3.63, 3.8) is 0 Å². The van der Waals surface area contributed by atoms with Crippen LogP contribution in [-0.2, 0) is 6.54 Å². The van der Waals surface area contributed by atoms with Gasteiger partial charge in [0.15, 0.2) is 11.6 Å². The number of halogens is 2. The SMILES string of the molecule is Nc1nc2ccc(F)c(F)c2n1CCCN1CCCC1. The Hall–Kier alpha value is -1.69. The first-order valence-corrected chi connectivity index (χ1v) is 6.99. The standard InChI is InChI=1S/C14H18F2N4/c15-10-4-5-11-13(12(10)16)20(14(17)18-11)9-3-8-19-6-1-2-7-19/h4-5H,1-3,6-9H2,(H2,17,18). The lowest BCUT2D eigenvalue weighted by Crippen LogP contribution is -2.21. The minimum atomic E-state index is -0.868. The Morgan fingerprint density at radius 2 is 1.90 bits per heavy atom. The number of nitrogens with two attached hydrogens (primary N) is 1. The lowest BCUT2D eigenvalue weighted by atomic mass is 10.3. The molecule has 1 aromatic carbocycles. The molecule has 108 valence electrons. The molecule has 0 bridgehead atoms. The number of hydrogen-bond donors (Lipinski definition) is 1. The maximum Gasteiger partial charge on any atom is 0.201 e. The van der Waals surface area contributed by atoms with Gasteiger partial charge >= 0.3 is 0 Å². The van der Waals surface area contributed by atoms with E-state index < -0.39 is 11.6 Å². The summed E-state index contributed by atoms with van der Waals surface area (Å²) in [5, 5.41) is 0. The quantitative estimate of drug-likeness (QED) is 0.935. The van der Waals surface area contributed by atoms with E-state index in [1.54, 1.807) is 4.57 Å². The molecule has 4 nitrogen and oxygen atoms in total. The number of aromatic nitrogens is 2. The number of nitrogen functional groups attached to an aromatic ring is 1. The molecular formula is C14H18F2N4. The van der Waals surface area contributed by atoms with Crippen molar-refractivity contribution in [3.8, 4) is 0 Å². The highest BCUT2D eigenvalue weighted by molar-refractivity contribution is 5.79. The molecule has 0 radical (unpaired) electrons. The molecule has 0 unspecified atom stereocenters. The maximum absolute atomic E-state index is 13.9. The van der Waals surface area contributed by atoms with Gasteiger partial charge in [0.1, 0.15) is 5.52 Å². The Bertz CT molecular complexity index is 617. The van der Waals surface area contributed by atoms with Gasteiger partial charge in [-0.15, -0.1) is 0 Å². The molecule has 1 saturated heterocycles. The van der Waals surface area contributed by atoms with E-state index >= 15 is 0 Å². The van der Waals surface area contributed by atoms with E-state index in [-0.39, 0.29) is 11.5 Å². The highest BCUT2D eigenvalue weighted by Crippen LogP contribution is 2.23. The molecule has 1 aliphatic rings. The third-order valence-electron chi connectivity index (χ3n) is 3.88. The number of rotatable bonds is 4. The Morgan fingerprint density at radius 1 is 1.15 bits per heavy atom. The van der Waals surface area contributed by atoms with Gasteiger partial charge in [-0.25, -0.2) is 13.8 Å². The smallest absolute Gasteiger partial charge is 0.201 e. The molecular weight excluding hydrogens is 262 g/mol. The van der Waals surface area contributed by atoms with Crippen molar-refractivity contribution in [2.45, 2.75) is 25.8 Å². The number of nitrogens with zero attached hydrogens (tertiary/aromatic N) is 3. The van der Waals surface area contributed by atoms with Crippen LogP contribution in [-0.4, -0.2) is 34.1 Å². The van der Waals surface area contributed by atoms with E-state index in [1.807, 2.05) is 0 Å². The van der Waals surface area contributed by atoms with Crippen molar-refractivity contribution in [1.82, 2.24) is 14.5 Å². The zero-order valence-corrected chi connectivity index (χ0v) is 11.3. The van der Waals surface area contributed by atoms with Crippen molar-refractivity contribution < 1.29 is 8.78 Å². The highest BCUT2D eigenvalue weighted by Gasteiger charge is 2.16. The first-order chi connectivity index (χ1) is 9.66. The molecule has 2 aromatic rings. The third-order valence-corrected chi connectivity index (χ3v) is 3.88. The van der Waals surface area contributed by atoms with Gasteiger partial charge < -0.3 is 15.2 Å². The molecule has 6 heteroatoms. The number of hydrogen-bond acceptors (Lipinski definition) is 3. The van der Waals surface area contributed by atoms with Crippen LogP contribution in [0.15, 0.2) is 12.1 Å². The molecule has 0 spiro atoms.